The zero-order valence-corrected chi connectivity index (χ0v) is 18.5. The Balaban J connectivity index is 1.66. The van der Waals surface area contributed by atoms with Gasteiger partial charge in [0, 0.05) is 33.9 Å². The molecule has 0 aliphatic carbocycles. The smallest absolute Gasteiger partial charge is 0.332 e. The molecule has 2 aromatic heterocycles. The minimum atomic E-state index is -0.416. The van der Waals surface area contributed by atoms with Crippen LogP contribution >= 0.6 is 0 Å². The fourth-order valence-corrected chi connectivity index (χ4v) is 3.47. The van der Waals surface area contributed by atoms with Gasteiger partial charge in [-0.2, -0.15) is 10.1 Å². The molecule has 0 saturated heterocycles. The van der Waals surface area contributed by atoms with Gasteiger partial charge in [-0.3, -0.25) is 13.9 Å². The van der Waals surface area contributed by atoms with Crippen LogP contribution in [0.15, 0.2) is 69.3 Å². The molecule has 0 unspecified atom stereocenters. The summed E-state index contributed by atoms with van der Waals surface area (Å²) in [6.07, 6.45) is 1.67. The molecule has 4 aromatic rings. The highest BCUT2D eigenvalue weighted by molar-refractivity contribution is 5.81. The predicted octanol–water partition coefficient (Wildman–Crippen LogP) is 1.99. The van der Waals surface area contributed by atoms with Gasteiger partial charge in [0.2, 0.25) is 5.95 Å². The maximum absolute atomic E-state index is 13.1. The van der Waals surface area contributed by atoms with Crippen LogP contribution in [0.3, 0.4) is 0 Å². The Labute approximate surface area is 184 Å². The summed E-state index contributed by atoms with van der Waals surface area (Å²) in [6, 6.07) is 17.3. The van der Waals surface area contributed by atoms with E-state index in [9.17, 15) is 9.59 Å². The standard InChI is InChI=1S/C23H25N7O2/c1-27(2)18-12-10-16(11-13-18)14-24-26-22-25-20-19(28(22)3)21(31)30(23(32)29(20)4)15-17-8-6-5-7-9-17/h5-14H,15H2,1-4H3,(H,25,26)/b24-14+. The lowest BCUT2D eigenvalue weighted by Crippen LogP contribution is -2.39. The predicted molar refractivity (Wildman–Crippen MR) is 128 cm³/mol. The Morgan fingerprint density at radius 3 is 2.34 bits per heavy atom. The van der Waals surface area contributed by atoms with E-state index in [-0.39, 0.29) is 6.54 Å². The van der Waals surface area contributed by atoms with Gasteiger partial charge < -0.3 is 9.47 Å². The molecule has 0 radical (unpaired) electrons. The molecule has 9 nitrogen and oxygen atoms in total. The fourth-order valence-electron chi connectivity index (χ4n) is 3.47. The van der Waals surface area contributed by atoms with Gasteiger partial charge >= 0.3 is 5.69 Å². The molecular weight excluding hydrogens is 406 g/mol. The van der Waals surface area contributed by atoms with Gasteiger partial charge in [-0.1, -0.05) is 42.5 Å². The van der Waals surface area contributed by atoms with E-state index in [1.54, 1.807) is 24.9 Å². The molecule has 0 aliphatic heterocycles. The largest absolute Gasteiger partial charge is 0.378 e. The number of imidazole rings is 1. The molecular formula is C23H25N7O2. The molecule has 0 amide bonds. The summed E-state index contributed by atoms with van der Waals surface area (Å²) in [4.78, 5) is 32.4. The zero-order valence-electron chi connectivity index (χ0n) is 18.5. The second-order valence-electron chi connectivity index (χ2n) is 7.74. The minimum absolute atomic E-state index is 0.192. The SMILES string of the molecule is CN(C)c1ccc(/C=N/Nc2nc3c(c(=O)n(Cc4ccccc4)c(=O)n3C)n2C)cc1. The van der Waals surface area contributed by atoms with E-state index >= 15 is 0 Å². The van der Waals surface area contributed by atoms with Gasteiger partial charge in [-0.15, -0.1) is 0 Å². The number of hydrogen-bond acceptors (Lipinski definition) is 6. The van der Waals surface area contributed by atoms with Crippen molar-refractivity contribution in [2.24, 2.45) is 19.2 Å². The van der Waals surface area contributed by atoms with Gasteiger partial charge in [0.15, 0.2) is 11.2 Å². The number of anilines is 2. The summed E-state index contributed by atoms with van der Waals surface area (Å²) < 4.78 is 4.22. The van der Waals surface area contributed by atoms with Crippen molar-refractivity contribution in [3.8, 4) is 0 Å². The first-order valence-corrected chi connectivity index (χ1v) is 10.1. The number of benzene rings is 2. The van der Waals surface area contributed by atoms with Gasteiger partial charge in [-0.25, -0.2) is 10.2 Å². The van der Waals surface area contributed by atoms with E-state index < -0.39 is 11.2 Å². The molecule has 9 heteroatoms. The number of nitrogens with zero attached hydrogens (tertiary/aromatic N) is 6. The van der Waals surface area contributed by atoms with Crippen LogP contribution in [0.2, 0.25) is 0 Å². The van der Waals surface area contributed by atoms with Crippen LogP contribution in [0.1, 0.15) is 11.1 Å². The summed E-state index contributed by atoms with van der Waals surface area (Å²) in [7, 11) is 7.30. The lowest BCUT2D eigenvalue weighted by molar-refractivity contribution is 0.655. The Hall–Kier alpha value is -4.14. The van der Waals surface area contributed by atoms with Gasteiger partial charge in [0.25, 0.3) is 5.56 Å². The first-order valence-electron chi connectivity index (χ1n) is 10.1. The van der Waals surface area contributed by atoms with Crippen LogP contribution in [0, 0.1) is 0 Å². The van der Waals surface area contributed by atoms with E-state index in [0.717, 1.165) is 16.8 Å². The molecule has 2 heterocycles. The van der Waals surface area contributed by atoms with Crippen LogP contribution in [-0.2, 0) is 20.6 Å². The lowest BCUT2D eigenvalue weighted by Gasteiger charge is -2.11. The molecule has 2 aromatic carbocycles. The normalized spacial score (nSPS) is 11.4. The second-order valence-corrected chi connectivity index (χ2v) is 7.74. The van der Waals surface area contributed by atoms with Crippen LogP contribution in [0.25, 0.3) is 11.2 Å². The van der Waals surface area contributed by atoms with Crippen molar-refractivity contribution in [2.45, 2.75) is 6.54 Å². The Bertz CT molecular complexity index is 1400. The number of fused-ring (bicyclic) bond motifs is 1. The molecule has 0 fully saturated rings. The van der Waals surface area contributed by atoms with Gasteiger partial charge in [-0.05, 0) is 23.3 Å². The zero-order chi connectivity index (χ0) is 22.8. The second kappa shape index (κ2) is 8.54. The first kappa shape index (κ1) is 21.1. The summed E-state index contributed by atoms with van der Waals surface area (Å²) >= 11 is 0. The Morgan fingerprint density at radius 2 is 1.69 bits per heavy atom. The van der Waals surface area contributed by atoms with E-state index in [1.165, 1.54) is 9.13 Å². The van der Waals surface area contributed by atoms with Crippen LogP contribution in [0.5, 0.6) is 0 Å². The van der Waals surface area contributed by atoms with Crippen molar-refractivity contribution in [3.63, 3.8) is 0 Å². The summed E-state index contributed by atoms with van der Waals surface area (Å²) in [5.41, 5.74) is 5.59. The van der Waals surface area contributed by atoms with Crippen molar-refractivity contribution in [3.05, 3.63) is 86.6 Å². The van der Waals surface area contributed by atoms with Crippen molar-refractivity contribution < 1.29 is 0 Å². The molecule has 0 aliphatic rings. The van der Waals surface area contributed by atoms with Gasteiger partial charge in [0.1, 0.15) is 0 Å². The van der Waals surface area contributed by atoms with E-state index in [4.69, 9.17) is 0 Å². The quantitative estimate of drug-likeness (QED) is 0.373. The fraction of sp³-hybridized carbons (Fsp3) is 0.217. The maximum Gasteiger partial charge on any atom is 0.332 e. The molecule has 0 bridgehead atoms. The highest BCUT2D eigenvalue weighted by atomic mass is 16.2. The minimum Gasteiger partial charge on any atom is -0.378 e. The number of rotatable bonds is 6. The van der Waals surface area contributed by atoms with Crippen LogP contribution in [-0.4, -0.2) is 39.0 Å². The number of hydrazone groups is 1. The average Bonchev–Trinajstić information content (AvgIpc) is 3.13. The summed E-state index contributed by atoms with van der Waals surface area (Å²) in [5.74, 6) is 0.366. The summed E-state index contributed by atoms with van der Waals surface area (Å²) in [5, 5.41) is 4.25. The van der Waals surface area contributed by atoms with Gasteiger partial charge in [0.05, 0.1) is 12.8 Å². The third-order valence-electron chi connectivity index (χ3n) is 5.33. The number of aromatic nitrogens is 4. The van der Waals surface area contributed by atoms with E-state index in [0.29, 0.717) is 17.1 Å². The lowest BCUT2D eigenvalue weighted by atomic mass is 10.2. The van der Waals surface area contributed by atoms with Crippen molar-refractivity contribution in [1.82, 2.24) is 18.7 Å². The third kappa shape index (κ3) is 3.92. The first-order chi connectivity index (χ1) is 15.4. The topological polar surface area (TPSA) is 89.5 Å². The molecule has 0 saturated carbocycles. The number of nitrogens with one attached hydrogen (secondary N) is 1. The van der Waals surface area contributed by atoms with Crippen molar-refractivity contribution >= 4 is 29.0 Å². The van der Waals surface area contributed by atoms with E-state index in [1.807, 2.05) is 73.6 Å². The third-order valence-corrected chi connectivity index (χ3v) is 5.33. The molecule has 164 valence electrons. The van der Waals surface area contributed by atoms with Crippen LogP contribution in [0.4, 0.5) is 11.6 Å². The Kier molecular flexibility index (Phi) is 5.63. The van der Waals surface area contributed by atoms with E-state index in [2.05, 4.69) is 15.5 Å². The molecule has 1 N–H and O–H groups in total. The average molecular weight is 432 g/mol. The molecule has 4 rings (SSSR count). The highest BCUT2D eigenvalue weighted by Crippen LogP contribution is 2.14. The van der Waals surface area contributed by atoms with Crippen molar-refractivity contribution in [2.75, 3.05) is 24.4 Å². The maximum atomic E-state index is 13.1. The molecule has 0 atom stereocenters. The molecule has 0 spiro atoms. The van der Waals surface area contributed by atoms with Crippen molar-refractivity contribution in [1.29, 1.82) is 0 Å². The Morgan fingerprint density at radius 1 is 1.00 bits per heavy atom. The van der Waals surface area contributed by atoms with Crippen LogP contribution < -0.4 is 21.6 Å². The molecule has 32 heavy (non-hydrogen) atoms. The number of aryl methyl sites for hydroxylation is 2. The monoisotopic (exact) mass is 431 g/mol. The highest BCUT2D eigenvalue weighted by Gasteiger charge is 2.18. The number of hydrogen-bond donors (Lipinski definition) is 1. The summed E-state index contributed by atoms with van der Waals surface area (Å²) in [6.45, 7) is 0.192.